The van der Waals surface area contributed by atoms with Crippen molar-refractivity contribution in [3.63, 3.8) is 0 Å². The molecule has 1 unspecified atom stereocenters. The zero-order valence-corrected chi connectivity index (χ0v) is 11.6. The van der Waals surface area contributed by atoms with Gasteiger partial charge in [0.15, 0.2) is 0 Å². The Balaban J connectivity index is 2.67. The molecule has 1 atom stereocenters. The lowest BCUT2D eigenvalue weighted by Gasteiger charge is -2.18. The largest absolute Gasteiger partial charge is 0.462 e. The summed E-state index contributed by atoms with van der Waals surface area (Å²) in [6.07, 6.45) is 1.42. The van der Waals surface area contributed by atoms with Gasteiger partial charge in [-0.25, -0.2) is 9.78 Å². The maximum Gasteiger partial charge on any atom is 0.339 e. The van der Waals surface area contributed by atoms with Crippen LogP contribution in [0.4, 0.5) is 5.82 Å². The number of amides is 1. The fraction of sp³-hybridized carbons (Fsp3) is 0.462. The van der Waals surface area contributed by atoms with Crippen molar-refractivity contribution in [2.24, 2.45) is 0 Å². The Labute approximate surface area is 112 Å². The summed E-state index contributed by atoms with van der Waals surface area (Å²) in [5.41, 5.74) is 0.388. The normalized spacial score (nSPS) is 11.6. The summed E-state index contributed by atoms with van der Waals surface area (Å²) < 4.78 is 4.86. The van der Waals surface area contributed by atoms with Crippen LogP contribution in [0.15, 0.2) is 18.3 Å². The molecule has 104 valence electrons. The Morgan fingerprint density at radius 3 is 2.58 bits per heavy atom. The number of anilines is 1. The van der Waals surface area contributed by atoms with E-state index in [4.69, 9.17) is 4.74 Å². The summed E-state index contributed by atoms with van der Waals surface area (Å²) >= 11 is 0. The van der Waals surface area contributed by atoms with Crippen molar-refractivity contribution in [1.29, 1.82) is 0 Å². The van der Waals surface area contributed by atoms with E-state index < -0.39 is 5.97 Å². The van der Waals surface area contributed by atoms with Gasteiger partial charge in [0.25, 0.3) is 0 Å². The predicted octanol–water partition coefficient (Wildman–Crippen LogP) is 1.15. The molecule has 0 aliphatic rings. The SMILES string of the molecule is CCOC(=O)c1ccc(NC(C)C(=O)N(C)C)nc1. The van der Waals surface area contributed by atoms with Crippen LogP contribution in [-0.2, 0) is 9.53 Å². The van der Waals surface area contributed by atoms with Crippen molar-refractivity contribution >= 4 is 17.7 Å². The molecule has 1 heterocycles. The summed E-state index contributed by atoms with van der Waals surface area (Å²) in [5.74, 6) is 0.0889. The molecular weight excluding hydrogens is 246 g/mol. The maximum atomic E-state index is 11.7. The molecule has 0 bridgehead atoms. The van der Waals surface area contributed by atoms with Crippen LogP contribution in [0.1, 0.15) is 24.2 Å². The number of nitrogens with one attached hydrogen (secondary N) is 1. The summed E-state index contributed by atoms with van der Waals surface area (Å²) in [5, 5.41) is 2.97. The van der Waals surface area contributed by atoms with Gasteiger partial charge in [-0.3, -0.25) is 4.79 Å². The van der Waals surface area contributed by atoms with E-state index in [0.717, 1.165) is 0 Å². The maximum absolute atomic E-state index is 11.7. The second-order valence-corrected chi connectivity index (χ2v) is 4.25. The summed E-state index contributed by atoms with van der Waals surface area (Å²) in [4.78, 5) is 28.7. The van der Waals surface area contributed by atoms with E-state index in [1.54, 1.807) is 40.1 Å². The highest BCUT2D eigenvalue weighted by Gasteiger charge is 2.15. The molecule has 1 N–H and O–H groups in total. The average molecular weight is 265 g/mol. The monoisotopic (exact) mass is 265 g/mol. The van der Waals surface area contributed by atoms with Gasteiger partial charge in [0, 0.05) is 20.3 Å². The molecular formula is C13H19N3O3. The van der Waals surface area contributed by atoms with Crippen LogP contribution in [0, 0.1) is 0 Å². The molecule has 0 spiro atoms. The minimum Gasteiger partial charge on any atom is -0.462 e. The first kappa shape index (κ1) is 14.9. The van der Waals surface area contributed by atoms with Crippen LogP contribution in [0.3, 0.4) is 0 Å². The van der Waals surface area contributed by atoms with Crippen LogP contribution in [0.2, 0.25) is 0 Å². The highest BCUT2D eigenvalue weighted by atomic mass is 16.5. The molecule has 0 fully saturated rings. The minimum absolute atomic E-state index is 0.0451. The lowest BCUT2D eigenvalue weighted by molar-refractivity contribution is -0.129. The van der Waals surface area contributed by atoms with E-state index in [0.29, 0.717) is 18.0 Å². The molecule has 1 aromatic heterocycles. The van der Waals surface area contributed by atoms with Crippen LogP contribution in [0.25, 0.3) is 0 Å². The van der Waals surface area contributed by atoms with Crippen molar-refractivity contribution in [3.05, 3.63) is 23.9 Å². The van der Waals surface area contributed by atoms with Gasteiger partial charge in [0.1, 0.15) is 11.9 Å². The van der Waals surface area contributed by atoms with Gasteiger partial charge in [0.05, 0.1) is 12.2 Å². The fourth-order valence-corrected chi connectivity index (χ4v) is 1.49. The zero-order chi connectivity index (χ0) is 14.4. The van der Waals surface area contributed by atoms with Crippen molar-refractivity contribution in [1.82, 2.24) is 9.88 Å². The molecule has 19 heavy (non-hydrogen) atoms. The van der Waals surface area contributed by atoms with E-state index in [-0.39, 0.29) is 11.9 Å². The fourth-order valence-electron chi connectivity index (χ4n) is 1.49. The van der Waals surface area contributed by atoms with Gasteiger partial charge < -0.3 is 15.0 Å². The highest BCUT2D eigenvalue weighted by molar-refractivity contribution is 5.89. The van der Waals surface area contributed by atoms with Crippen molar-refractivity contribution in [2.75, 3.05) is 26.0 Å². The van der Waals surface area contributed by atoms with Gasteiger partial charge in [-0.05, 0) is 26.0 Å². The third-order valence-corrected chi connectivity index (χ3v) is 2.45. The Bertz CT molecular complexity index is 443. The third kappa shape index (κ3) is 4.24. The summed E-state index contributed by atoms with van der Waals surface area (Å²) in [7, 11) is 3.38. The number of ether oxygens (including phenoxy) is 1. The average Bonchev–Trinajstić information content (AvgIpc) is 2.38. The first-order valence-electron chi connectivity index (χ1n) is 6.06. The first-order chi connectivity index (χ1) is 8.95. The molecule has 0 saturated heterocycles. The van der Waals surface area contributed by atoms with Gasteiger partial charge in [-0.15, -0.1) is 0 Å². The van der Waals surface area contributed by atoms with Crippen LogP contribution < -0.4 is 5.32 Å². The predicted molar refractivity (Wildman–Crippen MR) is 72.0 cm³/mol. The second kappa shape index (κ2) is 6.72. The Morgan fingerprint density at radius 1 is 1.42 bits per heavy atom. The Hall–Kier alpha value is -2.11. The van der Waals surface area contributed by atoms with Crippen molar-refractivity contribution in [3.8, 4) is 0 Å². The third-order valence-electron chi connectivity index (χ3n) is 2.45. The molecule has 0 saturated carbocycles. The van der Waals surface area contributed by atoms with Gasteiger partial charge in [-0.1, -0.05) is 0 Å². The highest BCUT2D eigenvalue weighted by Crippen LogP contribution is 2.08. The van der Waals surface area contributed by atoms with E-state index >= 15 is 0 Å². The van der Waals surface area contributed by atoms with Crippen molar-refractivity contribution in [2.45, 2.75) is 19.9 Å². The number of hydrogen-bond acceptors (Lipinski definition) is 5. The minimum atomic E-state index is -0.404. The number of carbonyl (C=O) groups excluding carboxylic acids is 2. The molecule has 6 nitrogen and oxygen atoms in total. The number of pyridine rings is 1. The number of likely N-dealkylation sites (N-methyl/N-ethyl adjacent to an activating group) is 1. The number of nitrogens with zero attached hydrogens (tertiary/aromatic N) is 2. The smallest absolute Gasteiger partial charge is 0.339 e. The lowest BCUT2D eigenvalue weighted by Crippen LogP contribution is -2.36. The van der Waals surface area contributed by atoms with E-state index in [1.807, 2.05) is 0 Å². The molecule has 0 aliphatic heterocycles. The molecule has 6 heteroatoms. The second-order valence-electron chi connectivity index (χ2n) is 4.25. The zero-order valence-electron chi connectivity index (χ0n) is 11.6. The van der Waals surface area contributed by atoms with E-state index in [2.05, 4.69) is 10.3 Å². The summed E-state index contributed by atoms with van der Waals surface area (Å²) in [6.45, 7) is 3.83. The molecule has 1 rings (SSSR count). The van der Waals surface area contributed by atoms with Crippen molar-refractivity contribution < 1.29 is 14.3 Å². The molecule has 0 radical (unpaired) electrons. The van der Waals surface area contributed by atoms with Gasteiger partial charge in [-0.2, -0.15) is 0 Å². The first-order valence-corrected chi connectivity index (χ1v) is 6.06. The van der Waals surface area contributed by atoms with Gasteiger partial charge >= 0.3 is 5.97 Å². The van der Waals surface area contributed by atoms with E-state index in [1.165, 1.54) is 11.1 Å². The number of aromatic nitrogens is 1. The standard InChI is InChI=1S/C13H19N3O3/c1-5-19-13(18)10-6-7-11(14-8-10)15-9(2)12(17)16(3)4/h6-9H,5H2,1-4H3,(H,14,15). The number of rotatable bonds is 5. The Kier molecular flexibility index (Phi) is 5.29. The topological polar surface area (TPSA) is 71.5 Å². The summed E-state index contributed by atoms with van der Waals surface area (Å²) in [6, 6.07) is 2.88. The molecule has 1 aromatic rings. The number of hydrogen-bond donors (Lipinski definition) is 1. The lowest BCUT2D eigenvalue weighted by atomic mass is 10.2. The van der Waals surface area contributed by atoms with Crippen LogP contribution in [0.5, 0.6) is 0 Å². The number of carbonyl (C=O) groups is 2. The Morgan fingerprint density at radius 2 is 2.11 bits per heavy atom. The quantitative estimate of drug-likeness (QED) is 0.808. The van der Waals surface area contributed by atoms with E-state index in [9.17, 15) is 9.59 Å². The molecule has 0 aromatic carbocycles. The van der Waals surface area contributed by atoms with Crippen LogP contribution in [-0.4, -0.2) is 48.5 Å². The van der Waals surface area contributed by atoms with Gasteiger partial charge in [0.2, 0.25) is 5.91 Å². The number of esters is 1. The molecule has 0 aliphatic carbocycles. The molecule has 1 amide bonds. The van der Waals surface area contributed by atoms with Crippen LogP contribution >= 0.6 is 0 Å².